The van der Waals surface area contributed by atoms with E-state index in [2.05, 4.69) is 10.3 Å². The Morgan fingerprint density at radius 3 is 2.60 bits per heavy atom. The number of benzene rings is 2. The van der Waals surface area contributed by atoms with Gasteiger partial charge in [0.05, 0.1) is 5.69 Å². The van der Waals surface area contributed by atoms with E-state index >= 15 is 0 Å². The lowest BCUT2D eigenvalue weighted by Crippen LogP contribution is -2.20. The summed E-state index contributed by atoms with van der Waals surface area (Å²) in [5.74, 6) is 0.354. The number of amides is 1. The fourth-order valence-electron chi connectivity index (χ4n) is 2.16. The van der Waals surface area contributed by atoms with Crippen LogP contribution in [-0.4, -0.2) is 17.5 Å². The van der Waals surface area contributed by atoms with Gasteiger partial charge in [-0.1, -0.05) is 35.3 Å². The predicted octanol–water partition coefficient (Wildman–Crippen LogP) is 5.44. The van der Waals surface area contributed by atoms with Crippen molar-refractivity contribution in [3.63, 3.8) is 0 Å². The predicted molar refractivity (Wildman–Crippen MR) is 103 cm³/mol. The molecule has 1 N–H and O–H groups in total. The van der Waals surface area contributed by atoms with Crippen molar-refractivity contribution < 1.29 is 9.53 Å². The van der Waals surface area contributed by atoms with Crippen LogP contribution in [0.1, 0.15) is 5.56 Å². The minimum Gasteiger partial charge on any atom is -0.483 e. The van der Waals surface area contributed by atoms with Crippen LogP contribution >= 0.6 is 34.5 Å². The summed E-state index contributed by atoms with van der Waals surface area (Å²) in [5, 5.41) is 6.43. The van der Waals surface area contributed by atoms with Crippen LogP contribution in [0.5, 0.6) is 5.75 Å². The first-order valence-electron chi connectivity index (χ1n) is 7.41. The fraction of sp³-hybridized carbons (Fsp3) is 0.111. The van der Waals surface area contributed by atoms with Crippen molar-refractivity contribution in [1.82, 2.24) is 4.98 Å². The third-order valence-electron chi connectivity index (χ3n) is 3.39. The van der Waals surface area contributed by atoms with Gasteiger partial charge in [-0.2, -0.15) is 0 Å². The number of halogens is 2. The van der Waals surface area contributed by atoms with Crippen LogP contribution in [0, 0.1) is 6.92 Å². The third kappa shape index (κ3) is 4.72. The zero-order chi connectivity index (χ0) is 17.8. The molecule has 0 saturated heterocycles. The van der Waals surface area contributed by atoms with Crippen molar-refractivity contribution >= 4 is 45.6 Å². The molecule has 7 heteroatoms. The van der Waals surface area contributed by atoms with E-state index in [-0.39, 0.29) is 12.5 Å². The van der Waals surface area contributed by atoms with E-state index in [1.54, 1.807) is 30.3 Å². The van der Waals surface area contributed by atoms with E-state index in [9.17, 15) is 4.79 Å². The Balaban J connectivity index is 1.59. The Morgan fingerprint density at radius 1 is 1.16 bits per heavy atom. The number of ether oxygens (including phenoxy) is 1. The second-order valence-corrected chi connectivity index (χ2v) is 7.02. The highest BCUT2D eigenvalue weighted by molar-refractivity contribution is 7.14. The van der Waals surface area contributed by atoms with Crippen LogP contribution in [0.25, 0.3) is 11.3 Å². The van der Waals surface area contributed by atoms with Crippen molar-refractivity contribution in [1.29, 1.82) is 0 Å². The molecule has 1 heterocycles. The Morgan fingerprint density at radius 2 is 1.88 bits per heavy atom. The number of carbonyl (C=O) groups excluding carboxylic acids is 1. The van der Waals surface area contributed by atoms with Gasteiger partial charge >= 0.3 is 0 Å². The van der Waals surface area contributed by atoms with Gasteiger partial charge in [-0.3, -0.25) is 10.1 Å². The lowest BCUT2D eigenvalue weighted by molar-refractivity contribution is -0.118. The first-order chi connectivity index (χ1) is 12.0. The van der Waals surface area contributed by atoms with E-state index < -0.39 is 0 Å². The number of aryl methyl sites for hydroxylation is 1. The molecular weight excluding hydrogens is 379 g/mol. The largest absolute Gasteiger partial charge is 0.483 e. The van der Waals surface area contributed by atoms with Gasteiger partial charge in [-0.15, -0.1) is 11.3 Å². The lowest BCUT2D eigenvalue weighted by atomic mass is 10.2. The second-order valence-electron chi connectivity index (χ2n) is 5.29. The second kappa shape index (κ2) is 7.87. The van der Waals surface area contributed by atoms with Crippen LogP contribution in [0.15, 0.2) is 47.8 Å². The molecule has 0 aliphatic rings. The van der Waals surface area contributed by atoms with Crippen LogP contribution in [-0.2, 0) is 4.79 Å². The van der Waals surface area contributed by atoms with Crippen LogP contribution < -0.4 is 10.1 Å². The molecule has 0 unspecified atom stereocenters. The zero-order valence-corrected chi connectivity index (χ0v) is 15.6. The highest BCUT2D eigenvalue weighted by Crippen LogP contribution is 2.26. The van der Waals surface area contributed by atoms with E-state index in [1.807, 2.05) is 24.4 Å². The molecule has 1 amide bonds. The molecule has 0 atom stereocenters. The first-order valence-corrected chi connectivity index (χ1v) is 9.05. The number of aromatic nitrogens is 1. The minimum absolute atomic E-state index is 0.0989. The van der Waals surface area contributed by atoms with Crippen molar-refractivity contribution in [3.05, 3.63) is 63.5 Å². The topological polar surface area (TPSA) is 51.2 Å². The summed E-state index contributed by atoms with van der Waals surface area (Å²) in [7, 11) is 0. The van der Waals surface area contributed by atoms with Crippen LogP contribution in [0.3, 0.4) is 0 Å². The zero-order valence-electron chi connectivity index (χ0n) is 13.3. The van der Waals surface area contributed by atoms with Crippen molar-refractivity contribution in [2.75, 3.05) is 11.9 Å². The molecule has 0 bridgehead atoms. The molecule has 2 aromatic carbocycles. The maximum absolute atomic E-state index is 12.0. The lowest BCUT2D eigenvalue weighted by Gasteiger charge is -2.08. The average Bonchev–Trinajstić information content (AvgIpc) is 3.03. The van der Waals surface area contributed by atoms with E-state index in [4.69, 9.17) is 27.9 Å². The Hall–Kier alpha value is -2.08. The molecular formula is C18H14Cl2N2O2S. The van der Waals surface area contributed by atoms with Gasteiger partial charge in [0.2, 0.25) is 0 Å². The molecule has 0 spiro atoms. The summed E-state index contributed by atoms with van der Waals surface area (Å²) < 4.78 is 5.52. The molecule has 0 saturated carbocycles. The van der Waals surface area contributed by atoms with Gasteiger partial charge in [0, 0.05) is 21.0 Å². The molecule has 0 radical (unpaired) electrons. The fourth-order valence-corrected chi connectivity index (χ4v) is 3.25. The van der Waals surface area contributed by atoms with E-state index in [1.165, 1.54) is 11.3 Å². The first kappa shape index (κ1) is 17.7. The summed E-state index contributed by atoms with van der Waals surface area (Å²) >= 11 is 13.1. The van der Waals surface area contributed by atoms with Crippen LogP contribution in [0.4, 0.5) is 5.13 Å². The maximum atomic E-state index is 12.0. The van der Waals surface area contributed by atoms with E-state index in [0.717, 1.165) is 16.8 Å². The van der Waals surface area contributed by atoms with Crippen molar-refractivity contribution in [2.45, 2.75) is 6.92 Å². The quantitative estimate of drug-likeness (QED) is 0.628. The van der Waals surface area contributed by atoms with Crippen LogP contribution in [0.2, 0.25) is 10.0 Å². The molecule has 25 heavy (non-hydrogen) atoms. The number of anilines is 1. The third-order valence-corrected chi connectivity index (χ3v) is 4.63. The van der Waals surface area contributed by atoms with Gasteiger partial charge in [0.25, 0.3) is 5.91 Å². The summed E-state index contributed by atoms with van der Waals surface area (Å²) in [4.78, 5) is 16.4. The van der Waals surface area contributed by atoms with Gasteiger partial charge in [0.15, 0.2) is 11.7 Å². The normalized spacial score (nSPS) is 10.5. The molecule has 128 valence electrons. The monoisotopic (exact) mass is 392 g/mol. The van der Waals surface area contributed by atoms with Crippen molar-refractivity contribution in [3.8, 4) is 17.0 Å². The summed E-state index contributed by atoms with van der Waals surface area (Å²) in [6.45, 7) is 1.77. The molecule has 1 aromatic heterocycles. The summed E-state index contributed by atoms with van der Waals surface area (Å²) in [6.07, 6.45) is 0. The SMILES string of the molecule is Cc1cc(Cl)ccc1OCC(=O)Nc1nc(-c2ccc(Cl)cc2)cs1. The molecule has 3 aromatic rings. The summed E-state index contributed by atoms with van der Waals surface area (Å²) in [6, 6.07) is 12.6. The molecule has 3 rings (SSSR count). The van der Waals surface area contributed by atoms with Crippen molar-refractivity contribution in [2.24, 2.45) is 0 Å². The number of nitrogens with one attached hydrogen (secondary N) is 1. The van der Waals surface area contributed by atoms with E-state index in [0.29, 0.717) is 20.9 Å². The maximum Gasteiger partial charge on any atom is 0.264 e. The average molecular weight is 393 g/mol. The highest BCUT2D eigenvalue weighted by Gasteiger charge is 2.10. The molecule has 0 fully saturated rings. The number of rotatable bonds is 5. The Labute approximate surface area is 159 Å². The smallest absolute Gasteiger partial charge is 0.264 e. The van der Waals surface area contributed by atoms with Gasteiger partial charge in [-0.05, 0) is 42.8 Å². The Bertz CT molecular complexity index is 894. The molecule has 4 nitrogen and oxygen atoms in total. The number of nitrogens with zero attached hydrogens (tertiary/aromatic N) is 1. The number of hydrogen-bond acceptors (Lipinski definition) is 4. The highest BCUT2D eigenvalue weighted by atomic mass is 35.5. The standard InChI is InChI=1S/C18H14Cl2N2O2S/c1-11-8-14(20)6-7-16(11)24-9-17(23)22-18-21-15(10-25-18)12-2-4-13(19)5-3-12/h2-8,10H,9H2,1H3,(H,21,22,23). The number of carbonyl (C=O) groups is 1. The van der Waals surface area contributed by atoms with Gasteiger partial charge in [0.1, 0.15) is 5.75 Å². The minimum atomic E-state index is -0.272. The molecule has 0 aliphatic heterocycles. The van der Waals surface area contributed by atoms with Gasteiger partial charge < -0.3 is 4.74 Å². The molecule has 0 aliphatic carbocycles. The van der Waals surface area contributed by atoms with Gasteiger partial charge in [-0.25, -0.2) is 4.98 Å². The Kier molecular flexibility index (Phi) is 5.58. The number of hydrogen-bond donors (Lipinski definition) is 1. The number of thiazole rings is 1. The summed E-state index contributed by atoms with van der Waals surface area (Å²) in [5.41, 5.74) is 2.60.